The Kier molecular flexibility index (Phi) is 2.71. The summed E-state index contributed by atoms with van der Waals surface area (Å²) >= 11 is 3.39. The molecule has 0 aromatic heterocycles. The van der Waals surface area contributed by atoms with E-state index >= 15 is 0 Å². The monoisotopic (exact) mass is 269 g/mol. The number of rotatable bonds is 1. The standard InChI is InChI=1S/C11H12BrNO2/c1-7-8(2)15-11(13(7)14)9-4-3-5-10(12)6-9/h3-6,11,14H,1-2H3. The SMILES string of the molecule is CC1=C(C)N(O)C(c2cccc(Br)c2)O1. The number of nitrogens with zero attached hydrogens (tertiary/aromatic N) is 1. The number of hydroxylamine groups is 2. The van der Waals surface area contributed by atoms with Gasteiger partial charge in [0, 0.05) is 10.0 Å². The van der Waals surface area contributed by atoms with Gasteiger partial charge in [-0.2, -0.15) is 0 Å². The molecule has 0 radical (unpaired) electrons. The summed E-state index contributed by atoms with van der Waals surface area (Å²) in [6.07, 6.45) is -0.428. The first-order chi connectivity index (χ1) is 7.09. The van der Waals surface area contributed by atoms with Crippen molar-refractivity contribution in [1.82, 2.24) is 5.06 Å². The van der Waals surface area contributed by atoms with Crippen LogP contribution in [0.3, 0.4) is 0 Å². The highest BCUT2D eigenvalue weighted by Crippen LogP contribution is 2.34. The van der Waals surface area contributed by atoms with Crippen molar-refractivity contribution in [3.8, 4) is 0 Å². The van der Waals surface area contributed by atoms with Gasteiger partial charge in [-0.25, -0.2) is 5.06 Å². The Morgan fingerprint density at radius 3 is 2.67 bits per heavy atom. The van der Waals surface area contributed by atoms with Gasteiger partial charge in [0.05, 0.1) is 5.70 Å². The molecule has 1 atom stereocenters. The lowest BCUT2D eigenvalue weighted by Gasteiger charge is -2.20. The summed E-state index contributed by atoms with van der Waals surface area (Å²) in [4.78, 5) is 0. The third kappa shape index (κ3) is 1.87. The van der Waals surface area contributed by atoms with Crippen molar-refractivity contribution in [3.05, 3.63) is 45.8 Å². The van der Waals surface area contributed by atoms with Crippen LogP contribution in [0.25, 0.3) is 0 Å². The van der Waals surface area contributed by atoms with E-state index in [-0.39, 0.29) is 0 Å². The Morgan fingerprint density at radius 2 is 2.13 bits per heavy atom. The second kappa shape index (κ2) is 3.87. The molecule has 1 aromatic carbocycles. The molecule has 15 heavy (non-hydrogen) atoms. The van der Waals surface area contributed by atoms with Crippen molar-refractivity contribution in [3.63, 3.8) is 0 Å². The summed E-state index contributed by atoms with van der Waals surface area (Å²) in [6, 6.07) is 7.71. The van der Waals surface area contributed by atoms with Crippen LogP contribution in [0.1, 0.15) is 25.6 Å². The first kappa shape index (κ1) is 10.5. The van der Waals surface area contributed by atoms with Crippen molar-refractivity contribution < 1.29 is 9.94 Å². The van der Waals surface area contributed by atoms with Gasteiger partial charge in [-0.3, -0.25) is 5.21 Å². The Labute approximate surface area is 97.0 Å². The van der Waals surface area contributed by atoms with Gasteiger partial charge in [-0.15, -0.1) is 0 Å². The van der Waals surface area contributed by atoms with E-state index in [4.69, 9.17) is 4.74 Å². The fourth-order valence-corrected chi connectivity index (χ4v) is 1.93. The van der Waals surface area contributed by atoms with Crippen LogP contribution in [0.5, 0.6) is 0 Å². The Balaban J connectivity index is 2.29. The van der Waals surface area contributed by atoms with Gasteiger partial charge >= 0.3 is 0 Å². The molecule has 0 saturated heterocycles. The maximum atomic E-state index is 9.81. The lowest BCUT2D eigenvalue weighted by molar-refractivity contribution is -0.151. The van der Waals surface area contributed by atoms with Crippen LogP contribution in [-0.4, -0.2) is 10.3 Å². The van der Waals surface area contributed by atoms with Gasteiger partial charge in [0.2, 0.25) is 6.23 Å². The largest absolute Gasteiger partial charge is 0.467 e. The molecule has 3 nitrogen and oxygen atoms in total. The summed E-state index contributed by atoms with van der Waals surface area (Å²) in [7, 11) is 0. The van der Waals surface area contributed by atoms with E-state index in [9.17, 15) is 5.21 Å². The van der Waals surface area contributed by atoms with Crippen molar-refractivity contribution in [1.29, 1.82) is 0 Å². The molecule has 0 saturated carbocycles. The first-order valence-corrected chi connectivity index (χ1v) is 5.46. The summed E-state index contributed by atoms with van der Waals surface area (Å²) in [5.74, 6) is 0.752. The van der Waals surface area contributed by atoms with Gasteiger partial charge in [0.15, 0.2) is 0 Å². The molecule has 1 heterocycles. The zero-order chi connectivity index (χ0) is 11.0. The molecule has 1 aliphatic heterocycles. The normalized spacial score (nSPS) is 20.8. The molecule has 1 aliphatic rings. The predicted molar refractivity (Wildman–Crippen MR) is 60.0 cm³/mol. The van der Waals surface area contributed by atoms with Crippen LogP contribution in [0.15, 0.2) is 40.2 Å². The summed E-state index contributed by atoms with van der Waals surface area (Å²) in [5, 5.41) is 11.0. The van der Waals surface area contributed by atoms with Crippen LogP contribution in [0, 0.1) is 0 Å². The van der Waals surface area contributed by atoms with Crippen LogP contribution in [-0.2, 0) is 4.74 Å². The van der Waals surface area contributed by atoms with Crippen molar-refractivity contribution in [2.45, 2.75) is 20.1 Å². The van der Waals surface area contributed by atoms with Crippen molar-refractivity contribution >= 4 is 15.9 Å². The third-order valence-electron chi connectivity index (χ3n) is 2.50. The molecule has 0 bridgehead atoms. The van der Waals surface area contributed by atoms with Crippen LogP contribution >= 0.6 is 15.9 Å². The molecular formula is C11H12BrNO2. The van der Waals surface area contributed by atoms with Crippen molar-refractivity contribution in [2.24, 2.45) is 0 Å². The molecule has 0 spiro atoms. The highest BCUT2D eigenvalue weighted by molar-refractivity contribution is 9.10. The molecule has 1 aromatic rings. The van der Waals surface area contributed by atoms with Gasteiger partial charge in [-0.1, -0.05) is 28.1 Å². The van der Waals surface area contributed by atoms with E-state index in [1.807, 2.05) is 38.1 Å². The van der Waals surface area contributed by atoms with Crippen LogP contribution < -0.4 is 0 Å². The Hall–Kier alpha value is -1.00. The molecule has 1 unspecified atom stereocenters. The number of benzene rings is 1. The van der Waals surface area contributed by atoms with Crippen LogP contribution in [0.4, 0.5) is 0 Å². The summed E-state index contributed by atoms with van der Waals surface area (Å²) < 4.78 is 6.53. The number of hydrogen-bond acceptors (Lipinski definition) is 3. The van der Waals surface area contributed by atoms with E-state index in [1.54, 1.807) is 0 Å². The Morgan fingerprint density at radius 1 is 1.40 bits per heavy atom. The molecule has 0 amide bonds. The quantitative estimate of drug-likeness (QED) is 0.848. The molecule has 2 rings (SSSR count). The van der Waals surface area contributed by atoms with E-state index < -0.39 is 6.23 Å². The first-order valence-electron chi connectivity index (χ1n) is 4.67. The minimum Gasteiger partial charge on any atom is -0.467 e. The van der Waals surface area contributed by atoms with E-state index in [0.717, 1.165) is 26.6 Å². The molecule has 4 heteroatoms. The topological polar surface area (TPSA) is 32.7 Å². The maximum absolute atomic E-state index is 9.81. The minimum atomic E-state index is -0.428. The average Bonchev–Trinajstić information content (AvgIpc) is 2.46. The lowest BCUT2D eigenvalue weighted by Crippen LogP contribution is -2.19. The molecular weight excluding hydrogens is 258 g/mol. The van der Waals surface area contributed by atoms with Gasteiger partial charge in [0.1, 0.15) is 5.76 Å². The van der Waals surface area contributed by atoms with E-state index in [0.29, 0.717) is 0 Å². The number of halogens is 1. The maximum Gasteiger partial charge on any atom is 0.220 e. The van der Waals surface area contributed by atoms with Gasteiger partial charge in [-0.05, 0) is 26.0 Å². The zero-order valence-electron chi connectivity index (χ0n) is 8.57. The highest BCUT2D eigenvalue weighted by atomic mass is 79.9. The highest BCUT2D eigenvalue weighted by Gasteiger charge is 2.29. The zero-order valence-corrected chi connectivity index (χ0v) is 10.2. The molecule has 1 N–H and O–H groups in total. The summed E-state index contributed by atoms with van der Waals surface area (Å²) in [5.41, 5.74) is 1.67. The third-order valence-corrected chi connectivity index (χ3v) is 2.99. The second-order valence-electron chi connectivity index (χ2n) is 3.51. The fraction of sp³-hybridized carbons (Fsp3) is 0.273. The Bertz CT molecular complexity index is 417. The van der Waals surface area contributed by atoms with E-state index in [2.05, 4.69) is 15.9 Å². The minimum absolute atomic E-state index is 0.428. The average molecular weight is 270 g/mol. The van der Waals surface area contributed by atoms with Gasteiger partial charge < -0.3 is 4.74 Å². The van der Waals surface area contributed by atoms with Gasteiger partial charge in [0.25, 0.3) is 0 Å². The summed E-state index contributed by atoms with van der Waals surface area (Å²) in [6.45, 7) is 3.67. The lowest BCUT2D eigenvalue weighted by atomic mass is 10.2. The number of allylic oxidation sites excluding steroid dienone is 2. The van der Waals surface area contributed by atoms with E-state index in [1.165, 1.54) is 0 Å². The fourth-order valence-electron chi connectivity index (χ4n) is 1.51. The molecule has 0 fully saturated rings. The van der Waals surface area contributed by atoms with Crippen molar-refractivity contribution in [2.75, 3.05) is 0 Å². The second-order valence-corrected chi connectivity index (χ2v) is 4.43. The number of hydrogen-bond donors (Lipinski definition) is 1. The van der Waals surface area contributed by atoms with Crippen LogP contribution in [0.2, 0.25) is 0 Å². The predicted octanol–water partition coefficient (Wildman–Crippen LogP) is 3.42. The molecule has 0 aliphatic carbocycles. The number of ether oxygens (including phenoxy) is 1. The molecule has 80 valence electrons. The smallest absolute Gasteiger partial charge is 0.220 e.